The first-order valence-corrected chi connectivity index (χ1v) is 6.43. The van der Waals surface area contributed by atoms with Crippen molar-refractivity contribution in [1.29, 1.82) is 5.41 Å². The van der Waals surface area contributed by atoms with Crippen molar-refractivity contribution in [3.63, 3.8) is 0 Å². The number of nitrogen functional groups attached to an aromatic ring is 1. The highest BCUT2D eigenvalue weighted by molar-refractivity contribution is 7.10. The third-order valence-corrected chi connectivity index (χ3v) is 3.75. The Morgan fingerprint density at radius 3 is 3.11 bits per heavy atom. The van der Waals surface area contributed by atoms with E-state index < -0.39 is 0 Å². The van der Waals surface area contributed by atoms with Crippen LogP contribution in [0.5, 0.6) is 0 Å². The Morgan fingerprint density at radius 2 is 2.33 bits per heavy atom. The molecule has 0 unspecified atom stereocenters. The van der Waals surface area contributed by atoms with Crippen LogP contribution in [-0.2, 0) is 6.54 Å². The summed E-state index contributed by atoms with van der Waals surface area (Å²) in [5, 5.41) is 9.32. The Kier molecular flexibility index (Phi) is 2.60. The predicted octanol–water partition coefficient (Wildman–Crippen LogP) is 2.43. The topological polar surface area (TPSA) is 67.7 Å². The lowest BCUT2D eigenvalue weighted by Gasteiger charge is -2.02. The summed E-state index contributed by atoms with van der Waals surface area (Å²) in [6.45, 7) is 0.785. The van der Waals surface area contributed by atoms with Gasteiger partial charge in [-0.15, -0.1) is 11.3 Å². The minimum Gasteiger partial charge on any atom is -0.384 e. The number of nitrogens with zero attached hydrogens (tertiary/aromatic N) is 2. The van der Waals surface area contributed by atoms with Gasteiger partial charge in [-0.05, 0) is 24.3 Å². The maximum Gasteiger partial charge on any atom is 0.123 e. The highest BCUT2D eigenvalue weighted by Crippen LogP contribution is 2.19. The second kappa shape index (κ2) is 4.27. The van der Waals surface area contributed by atoms with Gasteiger partial charge in [0.05, 0.1) is 17.6 Å². The first-order chi connectivity index (χ1) is 8.74. The molecule has 5 heteroatoms. The van der Waals surface area contributed by atoms with Crippen molar-refractivity contribution in [3.8, 4) is 0 Å². The molecule has 0 spiro atoms. The SMILES string of the molecule is N=C(N)c1csc(Cn2ccc3ncccc32)c1. The highest BCUT2D eigenvalue weighted by Gasteiger charge is 2.05. The predicted molar refractivity (Wildman–Crippen MR) is 74.2 cm³/mol. The van der Waals surface area contributed by atoms with E-state index in [9.17, 15) is 0 Å². The van der Waals surface area contributed by atoms with E-state index in [2.05, 4.69) is 15.6 Å². The zero-order chi connectivity index (χ0) is 12.5. The van der Waals surface area contributed by atoms with Crippen molar-refractivity contribution in [1.82, 2.24) is 9.55 Å². The molecule has 0 aliphatic heterocycles. The van der Waals surface area contributed by atoms with Crippen LogP contribution >= 0.6 is 11.3 Å². The van der Waals surface area contributed by atoms with Gasteiger partial charge in [-0.1, -0.05) is 0 Å². The molecule has 0 aliphatic carbocycles. The van der Waals surface area contributed by atoms with E-state index in [1.807, 2.05) is 29.8 Å². The van der Waals surface area contributed by atoms with Gasteiger partial charge in [0.2, 0.25) is 0 Å². The zero-order valence-electron chi connectivity index (χ0n) is 9.63. The van der Waals surface area contributed by atoms with Crippen LogP contribution in [0.15, 0.2) is 42.0 Å². The molecule has 0 aromatic carbocycles. The van der Waals surface area contributed by atoms with E-state index in [1.54, 1.807) is 17.5 Å². The number of pyridine rings is 1. The number of hydrogen-bond acceptors (Lipinski definition) is 3. The molecule has 3 N–H and O–H groups in total. The van der Waals surface area contributed by atoms with Crippen LogP contribution < -0.4 is 5.73 Å². The molecule has 3 rings (SSSR count). The molecule has 3 aromatic heterocycles. The number of fused-ring (bicyclic) bond motifs is 1. The van der Waals surface area contributed by atoms with Gasteiger partial charge in [0.15, 0.2) is 0 Å². The molecule has 0 amide bonds. The minimum absolute atomic E-state index is 0.122. The minimum atomic E-state index is 0.122. The lowest BCUT2D eigenvalue weighted by Crippen LogP contribution is -2.09. The fraction of sp³-hybridized carbons (Fsp3) is 0.0769. The second-order valence-corrected chi connectivity index (χ2v) is 5.06. The number of nitrogens with one attached hydrogen (secondary N) is 1. The summed E-state index contributed by atoms with van der Waals surface area (Å²) in [5.41, 5.74) is 8.38. The number of rotatable bonds is 3. The van der Waals surface area contributed by atoms with E-state index in [0.29, 0.717) is 0 Å². The van der Waals surface area contributed by atoms with Crippen LogP contribution in [-0.4, -0.2) is 15.4 Å². The van der Waals surface area contributed by atoms with E-state index in [1.165, 1.54) is 4.88 Å². The molecular weight excluding hydrogens is 244 g/mol. The molecule has 0 radical (unpaired) electrons. The van der Waals surface area contributed by atoms with Crippen molar-refractivity contribution >= 4 is 28.2 Å². The summed E-state index contributed by atoms with van der Waals surface area (Å²) in [5.74, 6) is 0.122. The van der Waals surface area contributed by atoms with Gasteiger partial charge in [-0.25, -0.2) is 0 Å². The van der Waals surface area contributed by atoms with Crippen molar-refractivity contribution < 1.29 is 0 Å². The molecule has 18 heavy (non-hydrogen) atoms. The molecule has 3 heterocycles. The Hall–Kier alpha value is -2.14. The number of hydrogen-bond donors (Lipinski definition) is 2. The van der Waals surface area contributed by atoms with Gasteiger partial charge >= 0.3 is 0 Å². The van der Waals surface area contributed by atoms with Gasteiger partial charge < -0.3 is 10.3 Å². The Labute approximate surface area is 108 Å². The molecule has 0 saturated carbocycles. The van der Waals surface area contributed by atoms with Gasteiger partial charge in [-0.3, -0.25) is 10.4 Å². The van der Waals surface area contributed by atoms with Crippen molar-refractivity contribution in [3.05, 3.63) is 52.5 Å². The van der Waals surface area contributed by atoms with Gasteiger partial charge in [0.25, 0.3) is 0 Å². The van der Waals surface area contributed by atoms with Crippen molar-refractivity contribution in [2.24, 2.45) is 5.73 Å². The number of thiophene rings is 1. The normalized spacial score (nSPS) is 10.9. The number of amidine groups is 1. The third-order valence-electron chi connectivity index (χ3n) is 2.83. The van der Waals surface area contributed by atoms with Crippen LogP contribution in [0.2, 0.25) is 0 Å². The van der Waals surface area contributed by atoms with E-state index in [-0.39, 0.29) is 5.84 Å². The van der Waals surface area contributed by atoms with Crippen LogP contribution in [0.25, 0.3) is 11.0 Å². The molecule has 0 atom stereocenters. The summed E-state index contributed by atoms with van der Waals surface area (Å²) in [7, 11) is 0. The summed E-state index contributed by atoms with van der Waals surface area (Å²) in [6, 6.07) is 7.97. The fourth-order valence-corrected chi connectivity index (χ4v) is 2.81. The smallest absolute Gasteiger partial charge is 0.123 e. The maximum atomic E-state index is 7.40. The van der Waals surface area contributed by atoms with E-state index in [0.717, 1.165) is 23.1 Å². The van der Waals surface area contributed by atoms with E-state index >= 15 is 0 Å². The molecule has 0 bridgehead atoms. The summed E-state index contributed by atoms with van der Waals surface area (Å²) in [6.07, 6.45) is 3.83. The summed E-state index contributed by atoms with van der Waals surface area (Å²) < 4.78 is 2.15. The number of nitrogens with two attached hydrogens (primary N) is 1. The van der Waals surface area contributed by atoms with Crippen LogP contribution in [0, 0.1) is 5.41 Å². The first-order valence-electron chi connectivity index (χ1n) is 5.56. The van der Waals surface area contributed by atoms with Crippen LogP contribution in [0.1, 0.15) is 10.4 Å². The molecule has 0 fully saturated rings. The second-order valence-electron chi connectivity index (χ2n) is 4.07. The zero-order valence-corrected chi connectivity index (χ0v) is 10.4. The summed E-state index contributed by atoms with van der Waals surface area (Å²) in [4.78, 5) is 5.49. The lowest BCUT2D eigenvalue weighted by molar-refractivity contribution is 0.851. The molecule has 90 valence electrons. The van der Waals surface area contributed by atoms with Crippen molar-refractivity contribution in [2.45, 2.75) is 6.54 Å². The van der Waals surface area contributed by atoms with Gasteiger partial charge in [0, 0.05) is 28.2 Å². The largest absolute Gasteiger partial charge is 0.384 e. The Bertz CT molecular complexity index is 710. The molecule has 4 nitrogen and oxygen atoms in total. The first kappa shape index (κ1) is 11.0. The quantitative estimate of drug-likeness (QED) is 0.558. The standard InChI is InChI=1S/C13H12N4S/c14-13(15)9-6-10(18-8-9)7-17-5-3-11-12(17)2-1-4-16-11/h1-6,8H,7H2,(H3,14,15). The van der Waals surface area contributed by atoms with Gasteiger partial charge in [-0.2, -0.15) is 0 Å². The average molecular weight is 256 g/mol. The molecule has 3 aromatic rings. The van der Waals surface area contributed by atoms with Gasteiger partial charge in [0.1, 0.15) is 5.84 Å². The molecular formula is C13H12N4S. The van der Waals surface area contributed by atoms with Crippen molar-refractivity contribution in [2.75, 3.05) is 0 Å². The molecule has 0 aliphatic rings. The molecule has 0 saturated heterocycles. The Balaban J connectivity index is 1.93. The average Bonchev–Trinajstić information content (AvgIpc) is 2.98. The fourth-order valence-electron chi connectivity index (χ4n) is 1.93. The van der Waals surface area contributed by atoms with Crippen LogP contribution in [0.4, 0.5) is 0 Å². The maximum absolute atomic E-state index is 7.40. The lowest BCUT2D eigenvalue weighted by atomic mass is 10.3. The monoisotopic (exact) mass is 256 g/mol. The Morgan fingerprint density at radius 1 is 1.44 bits per heavy atom. The third kappa shape index (κ3) is 1.89. The highest BCUT2D eigenvalue weighted by atomic mass is 32.1. The summed E-state index contributed by atoms with van der Waals surface area (Å²) >= 11 is 1.62. The van der Waals surface area contributed by atoms with E-state index in [4.69, 9.17) is 11.1 Å². The van der Waals surface area contributed by atoms with Crippen LogP contribution in [0.3, 0.4) is 0 Å². The number of aromatic nitrogens is 2.